The number of aliphatic hydroxyl groups is 1. The number of ether oxygens (including phenoxy) is 1. The summed E-state index contributed by atoms with van der Waals surface area (Å²) in [5, 5.41) is 12.6. The Hall–Kier alpha value is -1.14. The zero-order valence-electron chi connectivity index (χ0n) is 20.3. The molecule has 0 spiro atoms. The maximum atomic E-state index is 13.1. The topological polar surface area (TPSA) is 75.8 Å². The fraction of sp³-hybridized carbons (Fsp3) is 0.741. The van der Waals surface area contributed by atoms with Crippen LogP contribution in [0, 0.1) is 11.8 Å². The van der Waals surface area contributed by atoms with Crippen molar-refractivity contribution < 1.29 is 14.6 Å². The first kappa shape index (κ1) is 26.5. The van der Waals surface area contributed by atoms with E-state index in [9.17, 15) is 9.90 Å². The van der Waals surface area contributed by atoms with Crippen LogP contribution in [0.25, 0.3) is 0 Å². The summed E-state index contributed by atoms with van der Waals surface area (Å²) in [6.07, 6.45) is 11.7. The van der Waals surface area contributed by atoms with Crippen LogP contribution in [0.4, 0.5) is 0 Å². The number of nitrogens with zero attached hydrogens (tertiary/aromatic N) is 1. The van der Waals surface area contributed by atoms with E-state index in [0.717, 1.165) is 56.6 Å². The Bertz CT molecular complexity index is 740. The molecule has 5 nitrogen and oxygen atoms in total. The number of hydrogen-bond donors (Lipinski definition) is 2. The fourth-order valence-electron chi connectivity index (χ4n) is 5.84. The van der Waals surface area contributed by atoms with Crippen molar-refractivity contribution in [3.8, 4) is 0 Å². The molecule has 1 aromatic carbocycles. The summed E-state index contributed by atoms with van der Waals surface area (Å²) in [5.41, 5.74) is 6.21. The average Bonchev–Trinajstić information content (AvgIpc) is 3.33. The van der Waals surface area contributed by atoms with Gasteiger partial charge in [-0.2, -0.15) is 0 Å². The predicted octanol–water partition coefficient (Wildman–Crippen LogP) is 5.27. The first-order chi connectivity index (χ1) is 15.9. The summed E-state index contributed by atoms with van der Waals surface area (Å²) in [5.74, 6) is 0.915. The quantitative estimate of drug-likeness (QED) is 0.401. The molecular weight excluding hydrogens is 436 g/mol. The SMILES string of the molecule is COCCCC[C@@](O)(c1cccc(Cl)c1)[C@@H]1CCCN(C(=O)CCC(N)CC2CCCC2)C1. The van der Waals surface area contributed by atoms with Gasteiger partial charge in [0, 0.05) is 50.2 Å². The van der Waals surface area contributed by atoms with Crippen LogP contribution in [0.15, 0.2) is 24.3 Å². The molecule has 1 amide bonds. The van der Waals surface area contributed by atoms with E-state index in [1.807, 2.05) is 29.2 Å². The van der Waals surface area contributed by atoms with Crippen LogP contribution in [-0.2, 0) is 15.1 Å². The van der Waals surface area contributed by atoms with Crippen LogP contribution >= 0.6 is 11.6 Å². The lowest BCUT2D eigenvalue weighted by atomic mass is 9.74. The monoisotopic (exact) mass is 478 g/mol. The van der Waals surface area contributed by atoms with Gasteiger partial charge in [-0.15, -0.1) is 0 Å². The van der Waals surface area contributed by atoms with Gasteiger partial charge in [0.2, 0.25) is 5.91 Å². The molecule has 0 aromatic heterocycles. The van der Waals surface area contributed by atoms with Crippen LogP contribution in [0.5, 0.6) is 0 Å². The number of hydrogen-bond acceptors (Lipinski definition) is 4. The van der Waals surface area contributed by atoms with E-state index in [1.165, 1.54) is 25.7 Å². The maximum Gasteiger partial charge on any atom is 0.222 e. The summed E-state index contributed by atoms with van der Waals surface area (Å²) < 4.78 is 5.20. The minimum absolute atomic E-state index is 0.0108. The van der Waals surface area contributed by atoms with Crippen molar-refractivity contribution >= 4 is 17.5 Å². The van der Waals surface area contributed by atoms with Crippen LogP contribution in [0.3, 0.4) is 0 Å². The molecule has 1 aliphatic heterocycles. The first-order valence-corrected chi connectivity index (χ1v) is 13.3. The third-order valence-corrected chi connectivity index (χ3v) is 8.01. The van der Waals surface area contributed by atoms with Crippen molar-refractivity contribution in [2.24, 2.45) is 17.6 Å². The van der Waals surface area contributed by atoms with E-state index in [4.69, 9.17) is 22.1 Å². The molecule has 1 aromatic rings. The van der Waals surface area contributed by atoms with E-state index >= 15 is 0 Å². The van der Waals surface area contributed by atoms with Gasteiger partial charge in [-0.05, 0) is 68.6 Å². The molecule has 1 unspecified atom stereocenters. The van der Waals surface area contributed by atoms with E-state index in [2.05, 4.69) is 0 Å². The molecule has 1 saturated heterocycles. The maximum absolute atomic E-state index is 13.1. The van der Waals surface area contributed by atoms with Gasteiger partial charge >= 0.3 is 0 Å². The molecule has 2 aliphatic rings. The summed E-state index contributed by atoms with van der Waals surface area (Å²) in [7, 11) is 1.70. The molecule has 3 N–H and O–H groups in total. The van der Waals surface area contributed by atoms with Crippen LogP contribution in [0.1, 0.15) is 82.6 Å². The lowest BCUT2D eigenvalue weighted by Crippen LogP contribution is -2.48. The fourth-order valence-corrected chi connectivity index (χ4v) is 6.03. The normalized spacial score (nSPS) is 22.3. The summed E-state index contributed by atoms with van der Waals surface area (Å²) in [4.78, 5) is 15.0. The molecule has 1 aliphatic carbocycles. The third-order valence-electron chi connectivity index (χ3n) is 7.77. The van der Waals surface area contributed by atoms with Gasteiger partial charge in [-0.1, -0.05) is 49.4 Å². The lowest BCUT2D eigenvalue weighted by molar-refractivity contribution is -0.137. The Kier molecular flexibility index (Phi) is 10.5. The lowest BCUT2D eigenvalue weighted by Gasteiger charge is -2.43. The highest BCUT2D eigenvalue weighted by atomic mass is 35.5. The molecule has 33 heavy (non-hydrogen) atoms. The molecule has 2 fully saturated rings. The van der Waals surface area contributed by atoms with E-state index < -0.39 is 5.60 Å². The molecule has 6 heteroatoms. The zero-order chi connectivity index (χ0) is 23.7. The smallest absolute Gasteiger partial charge is 0.222 e. The number of unbranched alkanes of at least 4 members (excludes halogenated alkanes) is 1. The highest BCUT2D eigenvalue weighted by molar-refractivity contribution is 6.30. The van der Waals surface area contributed by atoms with Crippen molar-refractivity contribution in [3.63, 3.8) is 0 Å². The number of nitrogens with two attached hydrogens (primary N) is 1. The molecule has 0 bridgehead atoms. The van der Waals surface area contributed by atoms with Crippen molar-refractivity contribution in [2.75, 3.05) is 26.8 Å². The number of amides is 1. The summed E-state index contributed by atoms with van der Waals surface area (Å²) in [6, 6.07) is 7.69. The van der Waals surface area contributed by atoms with Crippen molar-refractivity contribution in [3.05, 3.63) is 34.9 Å². The first-order valence-electron chi connectivity index (χ1n) is 12.9. The van der Waals surface area contributed by atoms with Crippen molar-refractivity contribution in [1.82, 2.24) is 4.90 Å². The number of likely N-dealkylation sites (tertiary alicyclic amines) is 1. The third kappa shape index (κ3) is 7.68. The minimum Gasteiger partial charge on any atom is -0.385 e. The van der Waals surface area contributed by atoms with Gasteiger partial charge in [-0.3, -0.25) is 4.79 Å². The number of benzene rings is 1. The summed E-state index contributed by atoms with van der Waals surface area (Å²) in [6.45, 7) is 2.04. The van der Waals surface area contributed by atoms with Gasteiger partial charge < -0.3 is 20.5 Å². The van der Waals surface area contributed by atoms with Crippen molar-refractivity contribution in [2.45, 2.75) is 88.7 Å². The molecule has 1 heterocycles. The zero-order valence-corrected chi connectivity index (χ0v) is 21.1. The molecule has 0 radical (unpaired) electrons. The molecule has 1 saturated carbocycles. The van der Waals surface area contributed by atoms with Gasteiger partial charge in [0.05, 0.1) is 5.60 Å². The van der Waals surface area contributed by atoms with Gasteiger partial charge in [0.25, 0.3) is 0 Å². The van der Waals surface area contributed by atoms with Gasteiger partial charge in [-0.25, -0.2) is 0 Å². The summed E-state index contributed by atoms with van der Waals surface area (Å²) >= 11 is 6.28. The second kappa shape index (κ2) is 13.1. The Morgan fingerprint density at radius 2 is 2.06 bits per heavy atom. The number of carbonyl (C=O) groups is 1. The molecule has 3 rings (SSSR count). The second-order valence-electron chi connectivity index (χ2n) is 10.2. The molecular formula is C27H43ClN2O3. The van der Waals surface area contributed by atoms with E-state index in [1.54, 1.807) is 7.11 Å². The number of rotatable bonds is 12. The Morgan fingerprint density at radius 3 is 2.79 bits per heavy atom. The van der Waals surface area contributed by atoms with Crippen LogP contribution in [-0.4, -0.2) is 48.8 Å². The number of halogens is 1. The Morgan fingerprint density at radius 1 is 1.27 bits per heavy atom. The highest BCUT2D eigenvalue weighted by Gasteiger charge is 2.41. The Labute approximate surface area is 205 Å². The van der Waals surface area contributed by atoms with E-state index in [-0.39, 0.29) is 17.9 Å². The largest absolute Gasteiger partial charge is 0.385 e. The second-order valence-corrected chi connectivity index (χ2v) is 10.7. The predicted molar refractivity (Wildman–Crippen MR) is 134 cm³/mol. The minimum atomic E-state index is -1.00. The Balaban J connectivity index is 1.61. The van der Waals surface area contributed by atoms with Crippen molar-refractivity contribution in [1.29, 1.82) is 0 Å². The van der Waals surface area contributed by atoms with Crippen LogP contribution < -0.4 is 5.73 Å². The number of carbonyl (C=O) groups excluding carboxylic acids is 1. The highest BCUT2D eigenvalue weighted by Crippen LogP contribution is 2.40. The van der Waals surface area contributed by atoms with Gasteiger partial charge in [0.15, 0.2) is 0 Å². The standard InChI is InChI=1S/C27H43ClN2O3/c1-33-17-5-4-15-27(32,22-10-6-12-24(28)19-22)23-11-7-16-30(20-23)26(31)14-13-25(29)18-21-8-2-3-9-21/h6,10,12,19,21,23,25,32H,2-5,7-9,11,13-18,20,29H2,1H3/t23-,25?,27-/m1/s1. The van der Waals surface area contributed by atoms with Gasteiger partial charge in [0.1, 0.15) is 0 Å². The van der Waals surface area contributed by atoms with Crippen LogP contribution in [0.2, 0.25) is 5.02 Å². The van der Waals surface area contributed by atoms with E-state index in [0.29, 0.717) is 31.0 Å². The average molecular weight is 479 g/mol. The number of methoxy groups -OCH3 is 1. The molecule has 186 valence electrons. The number of piperidine rings is 1. The molecule has 3 atom stereocenters.